The molecule has 0 aromatic rings. The number of methoxy groups -OCH3 is 1. The van der Waals surface area contributed by atoms with Crippen LogP contribution in [0.25, 0.3) is 0 Å². The average molecular weight is 283 g/mol. The van der Waals surface area contributed by atoms with Crippen molar-refractivity contribution >= 4 is 12.1 Å². The number of rotatable bonds is 2. The molecular formula is C13H17NO6. The van der Waals surface area contributed by atoms with Gasteiger partial charge >= 0.3 is 12.1 Å². The highest BCUT2D eigenvalue weighted by Crippen LogP contribution is 2.56. The van der Waals surface area contributed by atoms with E-state index in [4.69, 9.17) is 18.9 Å². The monoisotopic (exact) mass is 283 g/mol. The van der Waals surface area contributed by atoms with Crippen molar-refractivity contribution < 1.29 is 28.5 Å². The molecule has 7 nitrogen and oxygen atoms in total. The third-order valence-electron chi connectivity index (χ3n) is 4.30. The van der Waals surface area contributed by atoms with Crippen LogP contribution < -0.4 is 5.32 Å². The van der Waals surface area contributed by atoms with Crippen molar-refractivity contribution in [2.24, 2.45) is 11.8 Å². The van der Waals surface area contributed by atoms with Crippen LogP contribution in [0.5, 0.6) is 0 Å². The summed E-state index contributed by atoms with van der Waals surface area (Å²) in [6, 6.07) is 0. The molecule has 20 heavy (non-hydrogen) atoms. The lowest BCUT2D eigenvalue weighted by Crippen LogP contribution is -2.43. The smallest absolute Gasteiger partial charge is 0.409 e. The maximum absolute atomic E-state index is 11.8. The first-order chi connectivity index (χ1) is 9.61. The van der Waals surface area contributed by atoms with Gasteiger partial charge in [0.2, 0.25) is 0 Å². The van der Waals surface area contributed by atoms with Crippen LogP contribution in [-0.4, -0.2) is 44.7 Å². The quantitative estimate of drug-likeness (QED) is 0.588. The van der Waals surface area contributed by atoms with Crippen molar-refractivity contribution in [1.82, 2.24) is 5.32 Å². The molecule has 1 N–H and O–H groups in total. The van der Waals surface area contributed by atoms with E-state index in [1.165, 1.54) is 20.4 Å². The minimum absolute atomic E-state index is 0.0617. The van der Waals surface area contributed by atoms with E-state index in [0.717, 1.165) is 12.8 Å². The molecule has 1 saturated heterocycles. The van der Waals surface area contributed by atoms with Crippen molar-refractivity contribution in [2.45, 2.75) is 24.7 Å². The van der Waals surface area contributed by atoms with Crippen LogP contribution in [0.15, 0.2) is 11.8 Å². The fraction of sp³-hybridized carbons (Fsp3) is 0.692. The minimum atomic E-state index is -0.738. The lowest BCUT2D eigenvalue weighted by molar-refractivity contribution is -0.146. The Hall–Kier alpha value is -1.76. The van der Waals surface area contributed by atoms with Crippen LogP contribution in [0, 0.1) is 11.8 Å². The average Bonchev–Trinajstić information content (AvgIpc) is 3.14. The second-order valence-corrected chi connectivity index (χ2v) is 5.25. The van der Waals surface area contributed by atoms with Gasteiger partial charge < -0.3 is 24.3 Å². The number of hydrogen-bond donors (Lipinski definition) is 1. The summed E-state index contributed by atoms with van der Waals surface area (Å²) in [7, 11) is 2.82. The van der Waals surface area contributed by atoms with Crippen LogP contribution in [0.3, 0.4) is 0 Å². The summed E-state index contributed by atoms with van der Waals surface area (Å²) in [4.78, 5) is 23.2. The standard InChI is InChI=1S/C13H17NO6/c1-14-12(16)20-11-9-7(3-4-13(9)6-19-13)8(5-18-11)10(15)17-2/h5,7,9,11H,3-4,6H2,1-2H3,(H,14,16)/t7?,9?,11?,13-/m0/s1. The third kappa shape index (κ3) is 1.93. The highest BCUT2D eigenvalue weighted by Gasteiger charge is 2.65. The second-order valence-electron chi connectivity index (χ2n) is 5.25. The lowest BCUT2D eigenvalue weighted by Gasteiger charge is -2.34. The second kappa shape index (κ2) is 4.66. The van der Waals surface area contributed by atoms with Gasteiger partial charge in [0.15, 0.2) is 0 Å². The minimum Gasteiger partial charge on any atom is -0.466 e. The maximum Gasteiger partial charge on any atom is 0.409 e. The maximum atomic E-state index is 11.8. The van der Waals surface area contributed by atoms with E-state index in [-0.39, 0.29) is 17.4 Å². The molecule has 0 aromatic heterocycles. The topological polar surface area (TPSA) is 86.4 Å². The van der Waals surface area contributed by atoms with Gasteiger partial charge in [0.1, 0.15) is 5.60 Å². The number of alkyl carbamates (subject to hydrolysis) is 1. The fourth-order valence-electron chi connectivity index (χ4n) is 3.22. The molecule has 110 valence electrons. The van der Waals surface area contributed by atoms with Gasteiger partial charge in [-0.25, -0.2) is 9.59 Å². The lowest BCUT2D eigenvalue weighted by atomic mass is 9.83. The Morgan fingerprint density at radius 3 is 2.85 bits per heavy atom. The summed E-state index contributed by atoms with van der Waals surface area (Å²) in [6.07, 6.45) is 1.67. The van der Waals surface area contributed by atoms with E-state index < -0.39 is 18.4 Å². The largest absolute Gasteiger partial charge is 0.466 e. The number of ether oxygens (including phenoxy) is 4. The molecule has 3 aliphatic rings. The van der Waals surface area contributed by atoms with E-state index >= 15 is 0 Å². The van der Waals surface area contributed by atoms with Gasteiger partial charge in [0, 0.05) is 13.0 Å². The molecule has 3 unspecified atom stereocenters. The van der Waals surface area contributed by atoms with Crippen molar-refractivity contribution in [3.05, 3.63) is 11.8 Å². The molecule has 0 bridgehead atoms. The van der Waals surface area contributed by atoms with E-state index in [9.17, 15) is 9.59 Å². The molecule has 2 aliphatic heterocycles. The zero-order chi connectivity index (χ0) is 14.3. The Bertz CT molecular complexity index is 469. The highest BCUT2D eigenvalue weighted by atomic mass is 16.7. The van der Waals surface area contributed by atoms with Crippen LogP contribution in [0.4, 0.5) is 4.79 Å². The summed E-state index contributed by atoms with van der Waals surface area (Å²) in [5.74, 6) is -0.636. The van der Waals surface area contributed by atoms with Crippen LogP contribution in [0.2, 0.25) is 0 Å². The molecule has 7 heteroatoms. The number of amides is 1. The van der Waals surface area contributed by atoms with Gasteiger partial charge in [-0.3, -0.25) is 0 Å². The van der Waals surface area contributed by atoms with E-state index in [1.54, 1.807) is 0 Å². The Kier molecular flexibility index (Phi) is 3.08. The van der Waals surface area contributed by atoms with Gasteiger partial charge in [-0.1, -0.05) is 0 Å². The molecule has 1 saturated carbocycles. The van der Waals surface area contributed by atoms with E-state index in [1.807, 2.05) is 0 Å². The van der Waals surface area contributed by atoms with Crippen LogP contribution >= 0.6 is 0 Å². The normalized spacial score (nSPS) is 37.5. The molecule has 1 spiro atoms. The molecule has 1 amide bonds. The summed E-state index contributed by atoms with van der Waals surface area (Å²) in [5.41, 5.74) is 0.165. The summed E-state index contributed by atoms with van der Waals surface area (Å²) in [6.45, 7) is 0.611. The molecule has 0 radical (unpaired) electrons. The van der Waals surface area contributed by atoms with Gasteiger partial charge in [-0.05, 0) is 12.8 Å². The first-order valence-corrected chi connectivity index (χ1v) is 6.57. The zero-order valence-corrected chi connectivity index (χ0v) is 11.4. The number of carbonyl (C=O) groups excluding carboxylic acids is 2. The number of hydrogen-bond acceptors (Lipinski definition) is 6. The summed E-state index contributed by atoms with van der Waals surface area (Å²) < 4.78 is 21.0. The van der Waals surface area contributed by atoms with Gasteiger partial charge in [0.25, 0.3) is 6.29 Å². The Labute approximate surface area is 116 Å². The predicted molar refractivity (Wildman–Crippen MR) is 65.4 cm³/mol. The van der Waals surface area contributed by atoms with E-state index in [2.05, 4.69) is 5.32 Å². The van der Waals surface area contributed by atoms with Crippen LogP contribution in [0.1, 0.15) is 12.8 Å². The van der Waals surface area contributed by atoms with Crippen LogP contribution in [-0.2, 0) is 23.7 Å². The Morgan fingerprint density at radius 1 is 1.50 bits per heavy atom. The fourth-order valence-corrected chi connectivity index (χ4v) is 3.22. The number of carbonyl (C=O) groups is 2. The van der Waals surface area contributed by atoms with Gasteiger partial charge in [-0.15, -0.1) is 0 Å². The zero-order valence-electron chi connectivity index (χ0n) is 11.4. The molecule has 2 heterocycles. The van der Waals surface area contributed by atoms with Crippen molar-refractivity contribution in [1.29, 1.82) is 0 Å². The molecule has 4 atom stereocenters. The van der Waals surface area contributed by atoms with Gasteiger partial charge in [-0.2, -0.15) is 0 Å². The molecular weight excluding hydrogens is 266 g/mol. The first-order valence-electron chi connectivity index (χ1n) is 6.57. The molecule has 2 fully saturated rings. The molecule has 0 aromatic carbocycles. The SMILES string of the molecule is CNC(=O)OC1OC=C(C(=O)OC)C2CC[C@]3(CO3)C12. The number of epoxide rings is 1. The third-order valence-corrected chi connectivity index (χ3v) is 4.30. The van der Waals surface area contributed by atoms with Crippen molar-refractivity contribution in [3.8, 4) is 0 Å². The van der Waals surface area contributed by atoms with Gasteiger partial charge in [0.05, 0.1) is 31.5 Å². The van der Waals surface area contributed by atoms with Crippen molar-refractivity contribution in [2.75, 3.05) is 20.8 Å². The highest BCUT2D eigenvalue weighted by molar-refractivity contribution is 5.89. The first kappa shape index (κ1) is 13.2. The number of esters is 1. The summed E-state index contributed by atoms with van der Waals surface area (Å²) in [5, 5.41) is 2.39. The number of nitrogens with one attached hydrogen (secondary N) is 1. The van der Waals surface area contributed by atoms with Crippen molar-refractivity contribution in [3.63, 3.8) is 0 Å². The predicted octanol–water partition coefficient (Wildman–Crippen LogP) is 0.551. The van der Waals surface area contributed by atoms with E-state index in [0.29, 0.717) is 12.2 Å². The Balaban J connectivity index is 1.86. The Morgan fingerprint density at radius 2 is 2.25 bits per heavy atom. The summed E-state index contributed by atoms with van der Waals surface area (Å²) >= 11 is 0. The molecule has 1 aliphatic carbocycles. The number of fused-ring (bicyclic) bond motifs is 2. The molecule has 3 rings (SSSR count).